The number of hydrogen-bond acceptors (Lipinski definition) is 18. The first kappa shape index (κ1) is 118. The van der Waals surface area contributed by atoms with Crippen LogP contribution >= 0.6 is 0 Å². The van der Waals surface area contributed by atoms with Crippen LogP contribution in [-0.2, 0) is 25.9 Å². The third kappa shape index (κ3) is 39.1. The molecule has 0 fully saturated rings. The van der Waals surface area contributed by atoms with E-state index in [1.807, 2.05) is 9.36 Å². The fourth-order valence-corrected chi connectivity index (χ4v) is 19.8. The number of rotatable bonds is 87. The Morgan fingerprint density at radius 2 is 0.320 bits per heavy atom. The van der Waals surface area contributed by atoms with E-state index >= 15 is 0 Å². The van der Waals surface area contributed by atoms with Crippen molar-refractivity contribution in [3.8, 4) is 91.6 Å². The quantitative estimate of drug-likeness (QED) is 0.0258. The highest BCUT2D eigenvalue weighted by molar-refractivity contribution is 6.28. The van der Waals surface area contributed by atoms with E-state index in [2.05, 4.69) is 224 Å². The second kappa shape index (κ2) is 69.7. The molecule has 822 valence electrons. The predicted octanol–water partition coefficient (Wildman–Crippen LogP) is 36.3. The molecule has 2 heterocycles. The molecule has 0 bridgehead atoms. The van der Waals surface area contributed by atoms with E-state index in [1.54, 1.807) is 0 Å². The number of aryl methyl sites for hydroxylation is 4. The molecule has 0 saturated heterocycles. The smallest absolute Gasteiger partial charge is 0.161 e. The second-order valence-electron chi connectivity index (χ2n) is 41.6. The van der Waals surface area contributed by atoms with Crippen molar-refractivity contribution in [1.29, 1.82) is 0 Å². The Kier molecular flexibility index (Phi) is 54.8. The maximum absolute atomic E-state index is 6.90. The normalized spacial score (nSPS) is 11.6. The SMILES string of the molecule is CCCCCCOc1cc2c3cc(OCCCCCC)c(OCCCCCC)cc3c3cc(OCCCCCCn4cc(CCCOc5ccc(-c6ccc(OCCCc7cn(CCCCCCOc8cc9c%10cc(OCCCCCC)c(OCCCCCC)cc%10c%10cc(OCCCCCC)c(OCCCCCC)cc%10c9cc8OCCCCCC)nn7)cc6)cc5)nn4)c(OCCCCCC)cc3c2cc1OCCCCCC. The van der Waals surface area contributed by atoms with E-state index in [0.29, 0.717) is 92.5 Å². The summed E-state index contributed by atoms with van der Waals surface area (Å²) in [5, 5.41) is 31.2. The number of nitrogens with zero attached hydrogens (tertiary/aromatic N) is 6. The number of unbranched alkanes of at least 4 members (excludes halogenated alkanes) is 36. The van der Waals surface area contributed by atoms with Gasteiger partial charge in [-0.2, -0.15) is 0 Å². The molecule has 0 radical (unpaired) electrons. The zero-order chi connectivity index (χ0) is 105. The Balaban J connectivity index is 0.593. The van der Waals surface area contributed by atoms with E-state index in [4.69, 9.17) is 66.3 Å². The van der Waals surface area contributed by atoms with Crippen LogP contribution < -0.4 is 66.3 Å². The molecule has 20 heteroatoms. The summed E-state index contributed by atoms with van der Waals surface area (Å²) in [4.78, 5) is 0. The summed E-state index contributed by atoms with van der Waals surface area (Å²) in [6.07, 6.45) is 60.2. The van der Waals surface area contributed by atoms with Crippen molar-refractivity contribution in [3.05, 3.63) is 145 Å². The topological polar surface area (TPSA) is 191 Å². The Hall–Kier alpha value is -10.8. The van der Waals surface area contributed by atoms with Gasteiger partial charge in [0, 0.05) is 25.5 Å². The molecule has 0 aliphatic rings. The maximum Gasteiger partial charge on any atom is 0.161 e. The number of benzene rings is 10. The van der Waals surface area contributed by atoms with Gasteiger partial charge in [0.25, 0.3) is 0 Å². The van der Waals surface area contributed by atoms with Gasteiger partial charge in [-0.3, -0.25) is 9.36 Å². The minimum Gasteiger partial charge on any atom is -0.494 e. The molecule has 0 aliphatic heterocycles. The van der Waals surface area contributed by atoms with Gasteiger partial charge in [-0.25, -0.2) is 0 Å². The van der Waals surface area contributed by atoms with Gasteiger partial charge < -0.3 is 66.3 Å². The average molecular weight is 2060 g/mol. The highest BCUT2D eigenvalue weighted by Crippen LogP contribution is 2.51. The van der Waals surface area contributed by atoms with Gasteiger partial charge in [-0.15, -0.1) is 10.2 Å². The van der Waals surface area contributed by atoms with Gasteiger partial charge in [0.05, 0.1) is 104 Å². The van der Waals surface area contributed by atoms with Crippen molar-refractivity contribution in [1.82, 2.24) is 30.0 Å². The Morgan fingerprint density at radius 1 is 0.167 bits per heavy atom. The van der Waals surface area contributed by atoms with Gasteiger partial charge >= 0.3 is 0 Å². The predicted molar refractivity (Wildman–Crippen MR) is 622 cm³/mol. The molecule has 0 atom stereocenters. The average Bonchev–Trinajstić information content (AvgIpc) is 0.801. The molecule has 12 aromatic rings. The molecule has 0 unspecified atom stereocenters. The van der Waals surface area contributed by atoms with Crippen LogP contribution in [0.1, 0.15) is 402 Å². The van der Waals surface area contributed by atoms with Gasteiger partial charge in [0.15, 0.2) is 69.0 Å². The van der Waals surface area contributed by atoms with E-state index in [9.17, 15) is 0 Å². The van der Waals surface area contributed by atoms with Crippen LogP contribution in [0.2, 0.25) is 0 Å². The summed E-state index contributed by atoms with van der Waals surface area (Å²) >= 11 is 0. The molecular weight excluding hydrogens is 1870 g/mol. The van der Waals surface area contributed by atoms with E-state index in [1.165, 1.54) is 116 Å². The number of fused-ring (bicyclic) bond motifs is 12. The molecule has 20 nitrogen and oxygen atoms in total. The zero-order valence-corrected chi connectivity index (χ0v) is 94.2. The maximum atomic E-state index is 6.90. The largest absolute Gasteiger partial charge is 0.494 e. The lowest BCUT2D eigenvalue weighted by molar-refractivity contribution is 0.259. The van der Waals surface area contributed by atoms with Crippen LogP contribution in [0.3, 0.4) is 0 Å². The van der Waals surface area contributed by atoms with E-state index < -0.39 is 0 Å². The lowest BCUT2D eigenvalue weighted by atomic mass is 9.93. The molecular formula is C130H188N6O14. The lowest BCUT2D eigenvalue weighted by Crippen LogP contribution is -2.05. The van der Waals surface area contributed by atoms with Crippen molar-refractivity contribution < 1.29 is 66.3 Å². The van der Waals surface area contributed by atoms with Crippen LogP contribution in [0.5, 0.6) is 80.5 Å². The molecule has 2 aromatic heterocycles. The van der Waals surface area contributed by atoms with Crippen molar-refractivity contribution in [3.63, 3.8) is 0 Å². The minimum absolute atomic E-state index is 0.570. The van der Waals surface area contributed by atoms with Crippen LogP contribution in [-0.4, -0.2) is 122 Å². The van der Waals surface area contributed by atoms with Crippen LogP contribution in [0.25, 0.3) is 75.8 Å². The van der Waals surface area contributed by atoms with Crippen molar-refractivity contribution in [2.24, 2.45) is 0 Å². The van der Waals surface area contributed by atoms with Gasteiger partial charge in [-0.05, 0) is 301 Å². The number of ether oxygens (including phenoxy) is 14. The lowest BCUT2D eigenvalue weighted by Gasteiger charge is -2.21. The molecule has 0 aliphatic carbocycles. The minimum atomic E-state index is 0.570. The number of hydrogen-bond donors (Lipinski definition) is 0. The Morgan fingerprint density at radius 3 is 0.487 bits per heavy atom. The fourth-order valence-electron chi connectivity index (χ4n) is 19.8. The molecule has 150 heavy (non-hydrogen) atoms. The zero-order valence-electron chi connectivity index (χ0n) is 94.2. The molecule has 10 aromatic carbocycles. The summed E-state index contributed by atoms with van der Waals surface area (Å²) in [6.45, 7) is 32.8. The summed E-state index contributed by atoms with van der Waals surface area (Å²) in [6, 6.07) is 43.5. The molecule has 12 rings (SSSR count). The standard InChI is InChI=1S/C130H188N6O14/c1-11-21-31-47-73-139-119-87-107-109-89-121(141-75-49-33-23-13-3)125(145-79-53-37-27-17-7)93-113(109)117-97-129(127(147-81-55-39-29-19-9)95-115(117)111(107)91-123(119)143-77-51-35-25-15-5)149-83-57-43-41-45-71-135-99-103(131-133-135)61-59-85-137-105-67-63-101(64-68-105)102-65-69-106(70-66-102)138-86-60-62-104-100-136(134-132-104)72-46-42-44-58-84-150-130-98-118-114-94-126(146-80-54-38-28-18-8)122(142-76-50-34-24-14-4)90-110(114)108-88-120(140-74-48-32-22-12-2)124(144-78-52-36-26-16-6)92-112(108)116(118)96-128(130)148-82-56-40-30-20-10/h63-70,87-100H,11-62,71-86H2,1-10H3. The van der Waals surface area contributed by atoms with Crippen LogP contribution in [0, 0.1) is 0 Å². The molecule has 0 saturated carbocycles. The second-order valence-corrected chi connectivity index (χ2v) is 41.6. The molecule has 0 N–H and O–H groups in total. The third-order valence-corrected chi connectivity index (χ3v) is 28.8. The van der Waals surface area contributed by atoms with Crippen LogP contribution in [0.4, 0.5) is 0 Å². The monoisotopic (exact) mass is 2060 g/mol. The summed E-state index contributed by atoms with van der Waals surface area (Å²) in [5.74, 6) is 11.1. The third-order valence-electron chi connectivity index (χ3n) is 28.8. The van der Waals surface area contributed by atoms with Gasteiger partial charge in [0.2, 0.25) is 0 Å². The van der Waals surface area contributed by atoms with Gasteiger partial charge in [0.1, 0.15) is 11.5 Å². The van der Waals surface area contributed by atoms with Gasteiger partial charge in [-0.1, -0.05) is 309 Å². The van der Waals surface area contributed by atoms with Crippen molar-refractivity contribution >= 4 is 64.6 Å². The molecule has 0 amide bonds. The summed E-state index contributed by atoms with van der Waals surface area (Å²) in [7, 11) is 0. The Bertz CT molecular complexity index is 5330. The Labute approximate surface area is 900 Å². The fraction of sp³-hybridized carbons (Fsp3) is 0.600. The van der Waals surface area contributed by atoms with Crippen molar-refractivity contribution in [2.75, 3.05) is 92.5 Å². The van der Waals surface area contributed by atoms with E-state index in [0.717, 1.165) is 399 Å². The van der Waals surface area contributed by atoms with Crippen LogP contribution in [0.15, 0.2) is 134 Å². The summed E-state index contributed by atoms with van der Waals surface area (Å²) in [5.41, 5.74) is 4.19. The first-order valence-electron chi connectivity index (χ1n) is 60.0. The first-order valence-corrected chi connectivity index (χ1v) is 60.0. The van der Waals surface area contributed by atoms with Crippen molar-refractivity contribution in [2.45, 2.75) is 416 Å². The highest BCUT2D eigenvalue weighted by atomic mass is 16.5. The first-order chi connectivity index (χ1) is 74.1. The molecule has 0 spiro atoms. The summed E-state index contributed by atoms with van der Waals surface area (Å²) < 4.78 is 98.1. The van der Waals surface area contributed by atoms with E-state index in [-0.39, 0.29) is 0 Å². The highest BCUT2D eigenvalue weighted by Gasteiger charge is 2.26. The number of aromatic nitrogens is 6.